The fraction of sp³-hybridized carbons (Fsp3) is 0.440. The number of carbonyl (C=O) groups excluding carboxylic acids is 3. The zero-order chi connectivity index (χ0) is 27.1. The molecule has 0 atom stereocenters. The first-order chi connectivity index (χ1) is 17.6. The second kappa shape index (κ2) is 12.9. The molecule has 12 heteroatoms. The van der Waals surface area contributed by atoms with E-state index in [9.17, 15) is 14.4 Å². The van der Waals surface area contributed by atoms with Gasteiger partial charge in [-0.2, -0.15) is 5.10 Å². The quantitative estimate of drug-likeness (QED) is 0.396. The summed E-state index contributed by atoms with van der Waals surface area (Å²) in [6.45, 7) is 6.86. The third kappa shape index (κ3) is 7.47. The number of nitrogens with zero attached hydrogens (tertiary/aromatic N) is 3. The summed E-state index contributed by atoms with van der Waals surface area (Å²) < 4.78 is 7.19. The van der Waals surface area contributed by atoms with Crippen molar-refractivity contribution in [3.63, 3.8) is 0 Å². The van der Waals surface area contributed by atoms with Crippen LogP contribution in [0.15, 0.2) is 29.3 Å². The monoisotopic (exact) mass is 550 g/mol. The summed E-state index contributed by atoms with van der Waals surface area (Å²) in [5, 5.41) is 12.3. The molecule has 1 aliphatic heterocycles. The van der Waals surface area contributed by atoms with Crippen molar-refractivity contribution in [2.24, 2.45) is 7.05 Å². The highest BCUT2D eigenvalue weighted by atomic mass is 35.5. The van der Waals surface area contributed by atoms with Crippen molar-refractivity contribution in [3.8, 4) is 5.75 Å². The van der Waals surface area contributed by atoms with Crippen LogP contribution in [-0.4, -0.2) is 52.2 Å². The molecule has 10 nitrogen and oxygen atoms in total. The molecule has 2 aromatic rings. The average Bonchev–Trinajstić information content (AvgIpc) is 3.10. The SMILES string of the molecule is CCNC(=O)COc1ccc(Cl)cc1CNC(=O)CC1=C(C)CCN(NCc2c(C)nn(C)c2Cl)C1=O. The molecule has 200 valence electrons. The summed E-state index contributed by atoms with van der Waals surface area (Å²) in [4.78, 5) is 37.7. The Balaban J connectivity index is 1.59. The Hall–Kier alpha value is -3.08. The van der Waals surface area contributed by atoms with Crippen LogP contribution < -0.4 is 20.8 Å². The van der Waals surface area contributed by atoms with Gasteiger partial charge in [0.05, 0.1) is 12.1 Å². The standard InChI is InChI=1S/C25H32Cl2N6O4/c1-5-28-23(35)14-37-21-7-6-18(26)10-17(21)12-29-22(34)11-19-15(2)8-9-33(25(19)36)30-13-20-16(3)31-32(4)24(20)27/h6-7,10,30H,5,8-9,11-14H2,1-4H3,(H,28,35)(H,29,34). The Labute approximate surface area is 226 Å². The highest BCUT2D eigenvalue weighted by molar-refractivity contribution is 6.30. The molecule has 37 heavy (non-hydrogen) atoms. The molecular formula is C25H32Cl2N6O4. The number of aromatic nitrogens is 2. The molecule has 1 aromatic carbocycles. The van der Waals surface area contributed by atoms with E-state index in [2.05, 4.69) is 21.2 Å². The van der Waals surface area contributed by atoms with Crippen molar-refractivity contribution >= 4 is 40.9 Å². The smallest absolute Gasteiger partial charge is 0.264 e. The normalized spacial score (nSPS) is 13.7. The fourth-order valence-corrected chi connectivity index (χ4v) is 4.38. The second-order valence-corrected chi connectivity index (χ2v) is 9.52. The summed E-state index contributed by atoms with van der Waals surface area (Å²) in [5.74, 6) is -0.361. The molecule has 0 radical (unpaired) electrons. The lowest BCUT2D eigenvalue weighted by Gasteiger charge is -2.30. The molecule has 0 aliphatic carbocycles. The van der Waals surface area contributed by atoms with Crippen LogP contribution in [0.1, 0.15) is 43.5 Å². The Morgan fingerprint density at radius 1 is 1.14 bits per heavy atom. The van der Waals surface area contributed by atoms with E-state index in [1.54, 1.807) is 29.9 Å². The summed E-state index contributed by atoms with van der Waals surface area (Å²) in [7, 11) is 1.76. The van der Waals surface area contributed by atoms with E-state index in [0.29, 0.717) is 53.1 Å². The van der Waals surface area contributed by atoms with Crippen molar-refractivity contribution in [1.82, 2.24) is 30.8 Å². The number of nitrogens with one attached hydrogen (secondary N) is 3. The van der Waals surface area contributed by atoms with Gasteiger partial charge in [-0.05, 0) is 45.4 Å². The minimum Gasteiger partial charge on any atom is -0.483 e. The predicted octanol–water partition coefficient (Wildman–Crippen LogP) is 2.81. The predicted molar refractivity (Wildman–Crippen MR) is 141 cm³/mol. The maximum Gasteiger partial charge on any atom is 0.264 e. The summed E-state index contributed by atoms with van der Waals surface area (Å²) in [5.41, 5.74) is 6.67. The first-order valence-corrected chi connectivity index (χ1v) is 12.7. The van der Waals surface area contributed by atoms with Crippen molar-refractivity contribution in [1.29, 1.82) is 0 Å². The van der Waals surface area contributed by atoms with Gasteiger partial charge in [-0.15, -0.1) is 0 Å². The zero-order valence-corrected chi connectivity index (χ0v) is 22.9. The molecular weight excluding hydrogens is 519 g/mol. The van der Waals surface area contributed by atoms with Gasteiger partial charge >= 0.3 is 0 Å². The molecule has 3 rings (SSSR count). The van der Waals surface area contributed by atoms with Crippen LogP contribution >= 0.6 is 23.2 Å². The third-order valence-electron chi connectivity index (χ3n) is 6.01. The molecule has 1 aromatic heterocycles. The first kappa shape index (κ1) is 28.5. The number of halogens is 2. The van der Waals surface area contributed by atoms with Gasteiger partial charge in [0.25, 0.3) is 11.8 Å². The fourth-order valence-electron chi connectivity index (χ4n) is 3.94. The highest BCUT2D eigenvalue weighted by Crippen LogP contribution is 2.25. The van der Waals surface area contributed by atoms with Crippen LogP contribution in [0.4, 0.5) is 0 Å². The summed E-state index contributed by atoms with van der Waals surface area (Å²) in [6, 6.07) is 4.97. The maximum atomic E-state index is 13.1. The van der Waals surface area contributed by atoms with Gasteiger partial charge in [0.1, 0.15) is 10.9 Å². The number of hydrogen-bond acceptors (Lipinski definition) is 6. The molecule has 0 spiro atoms. The van der Waals surface area contributed by atoms with Crippen LogP contribution in [0.5, 0.6) is 5.75 Å². The number of hydrogen-bond donors (Lipinski definition) is 3. The van der Waals surface area contributed by atoms with Crippen molar-refractivity contribution in [3.05, 3.63) is 56.3 Å². The van der Waals surface area contributed by atoms with Crippen LogP contribution in [0.25, 0.3) is 0 Å². The van der Waals surface area contributed by atoms with Crippen LogP contribution in [0.2, 0.25) is 10.2 Å². The number of benzene rings is 1. The number of rotatable bonds is 11. The van der Waals surface area contributed by atoms with E-state index in [-0.39, 0.29) is 37.3 Å². The second-order valence-electron chi connectivity index (χ2n) is 8.73. The molecule has 1 aliphatic rings. The Morgan fingerprint density at radius 2 is 1.89 bits per heavy atom. The van der Waals surface area contributed by atoms with Gasteiger partial charge in [0.2, 0.25) is 5.91 Å². The summed E-state index contributed by atoms with van der Waals surface area (Å²) in [6.07, 6.45) is 0.582. The van der Waals surface area contributed by atoms with Crippen molar-refractivity contribution in [2.75, 3.05) is 19.7 Å². The molecule has 0 saturated carbocycles. The lowest BCUT2D eigenvalue weighted by Crippen LogP contribution is -2.47. The third-order valence-corrected chi connectivity index (χ3v) is 6.72. The van der Waals surface area contributed by atoms with Crippen LogP contribution in [0, 0.1) is 6.92 Å². The van der Waals surface area contributed by atoms with Gasteiger partial charge in [0.15, 0.2) is 6.61 Å². The van der Waals surface area contributed by atoms with Crippen molar-refractivity contribution < 1.29 is 19.1 Å². The van der Waals surface area contributed by atoms with E-state index in [1.165, 1.54) is 5.01 Å². The average molecular weight is 551 g/mol. The topological polar surface area (TPSA) is 118 Å². The molecule has 2 heterocycles. The molecule has 0 bridgehead atoms. The van der Waals surface area contributed by atoms with E-state index in [1.807, 2.05) is 20.8 Å². The first-order valence-electron chi connectivity index (χ1n) is 12.0. The van der Waals surface area contributed by atoms with E-state index in [0.717, 1.165) is 16.8 Å². The lowest BCUT2D eigenvalue weighted by molar-refractivity contribution is -0.133. The van der Waals surface area contributed by atoms with Gasteiger partial charge < -0.3 is 15.4 Å². The minimum atomic E-state index is -0.314. The van der Waals surface area contributed by atoms with E-state index in [4.69, 9.17) is 27.9 Å². The zero-order valence-electron chi connectivity index (χ0n) is 21.4. The van der Waals surface area contributed by atoms with Crippen LogP contribution in [-0.2, 0) is 34.5 Å². The van der Waals surface area contributed by atoms with Crippen molar-refractivity contribution in [2.45, 2.75) is 46.7 Å². The molecule has 3 amide bonds. The molecule has 0 fully saturated rings. The number of carbonyl (C=O) groups is 3. The highest BCUT2D eigenvalue weighted by Gasteiger charge is 2.27. The van der Waals surface area contributed by atoms with E-state index < -0.39 is 0 Å². The van der Waals surface area contributed by atoms with Gasteiger partial charge in [-0.3, -0.25) is 24.1 Å². The maximum absolute atomic E-state index is 13.1. The number of ether oxygens (including phenoxy) is 1. The van der Waals surface area contributed by atoms with E-state index >= 15 is 0 Å². The number of likely N-dealkylation sites (N-methyl/N-ethyl adjacent to an activating group) is 1. The Morgan fingerprint density at radius 3 is 2.57 bits per heavy atom. The van der Waals surface area contributed by atoms with Crippen LogP contribution in [0.3, 0.4) is 0 Å². The Kier molecular flexibility index (Phi) is 9.96. The number of aryl methyl sites for hydroxylation is 2. The van der Waals surface area contributed by atoms with Gasteiger partial charge in [0, 0.05) is 54.9 Å². The Bertz CT molecular complexity index is 1210. The molecule has 0 saturated heterocycles. The van der Waals surface area contributed by atoms with Gasteiger partial charge in [-0.25, -0.2) is 5.43 Å². The lowest BCUT2D eigenvalue weighted by atomic mass is 9.98. The number of amides is 3. The molecule has 0 unspecified atom stereocenters. The van der Waals surface area contributed by atoms with Gasteiger partial charge in [-0.1, -0.05) is 28.8 Å². The number of hydrazine groups is 1. The largest absolute Gasteiger partial charge is 0.483 e. The molecule has 3 N–H and O–H groups in total. The minimum absolute atomic E-state index is 0.0643. The summed E-state index contributed by atoms with van der Waals surface area (Å²) >= 11 is 12.4.